The Morgan fingerprint density at radius 2 is 1.83 bits per heavy atom. The van der Waals surface area contributed by atoms with Crippen molar-refractivity contribution in [3.05, 3.63) is 44.9 Å². The fourth-order valence-corrected chi connectivity index (χ4v) is 6.94. The minimum atomic E-state index is -3.53. The van der Waals surface area contributed by atoms with Crippen LogP contribution in [0.4, 0.5) is 0 Å². The van der Waals surface area contributed by atoms with E-state index in [-0.39, 0.29) is 5.91 Å². The average Bonchev–Trinajstić information content (AvgIpc) is 3.32. The van der Waals surface area contributed by atoms with Gasteiger partial charge >= 0.3 is 0 Å². The Hall–Kier alpha value is -1.77. The SMILES string of the molecule is Cc1nc(CC(C)C)sc1C(=O)N1CCN(S(=O)(=O)c2ccc3c(c2)CCC3)CC1. The van der Waals surface area contributed by atoms with Crippen LogP contribution in [-0.4, -0.2) is 54.7 Å². The van der Waals surface area contributed by atoms with Gasteiger partial charge in [0.15, 0.2) is 0 Å². The van der Waals surface area contributed by atoms with Crippen LogP contribution < -0.4 is 0 Å². The predicted octanol–water partition coefficient (Wildman–Crippen LogP) is 3.29. The molecule has 2 aromatic rings. The number of sulfonamides is 1. The lowest BCUT2D eigenvalue weighted by Crippen LogP contribution is -2.50. The first-order valence-corrected chi connectivity index (χ1v) is 12.9. The molecule has 1 amide bonds. The van der Waals surface area contributed by atoms with Gasteiger partial charge in [-0.25, -0.2) is 13.4 Å². The van der Waals surface area contributed by atoms with E-state index in [2.05, 4.69) is 18.8 Å². The largest absolute Gasteiger partial charge is 0.335 e. The topological polar surface area (TPSA) is 70.6 Å². The van der Waals surface area contributed by atoms with Crippen molar-refractivity contribution in [2.75, 3.05) is 26.2 Å². The van der Waals surface area contributed by atoms with Gasteiger partial charge in [0.25, 0.3) is 5.91 Å². The van der Waals surface area contributed by atoms with E-state index in [1.54, 1.807) is 11.0 Å². The number of aromatic nitrogens is 1. The molecule has 8 heteroatoms. The van der Waals surface area contributed by atoms with Crippen LogP contribution in [0.5, 0.6) is 0 Å². The number of thiazole rings is 1. The molecule has 0 radical (unpaired) electrons. The third-order valence-corrected chi connectivity index (χ3v) is 8.91. The molecule has 1 aromatic heterocycles. The van der Waals surface area contributed by atoms with E-state index < -0.39 is 10.0 Å². The summed E-state index contributed by atoms with van der Waals surface area (Å²) in [6.45, 7) is 7.60. The van der Waals surface area contributed by atoms with Gasteiger partial charge in [0.05, 0.1) is 15.6 Å². The Morgan fingerprint density at radius 1 is 1.13 bits per heavy atom. The molecule has 1 aliphatic heterocycles. The highest BCUT2D eigenvalue weighted by molar-refractivity contribution is 7.89. The Kier molecular flexibility index (Phi) is 6.01. The molecule has 0 saturated carbocycles. The summed E-state index contributed by atoms with van der Waals surface area (Å²) < 4.78 is 27.7. The van der Waals surface area contributed by atoms with Crippen molar-refractivity contribution in [2.45, 2.75) is 51.3 Å². The molecule has 0 atom stereocenters. The van der Waals surface area contributed by atoms with Crippen LogP contribution in [-0.2, 0) is 29.3 Å². The molecule has 0 unspecified atom stereocenters. The van der Waals surface area contributed by atoms with Gasteiger partial charge in [-0.15, -0.1) is 11.3 Å². The minimum Gasteiger partial charge on any atom is -0.335 e. The molecule has 6 nitrogen and oxygen atoms in total. The quantitative estimate of drug-likeness (QED) is 0.705. The van der Waals surface area contributed by atoms with Crippen molar-refractivity contribution in [3.63, 3.8) is 0 Å². The maximum atomic E-state index is 13.1. The van der Waals surface area contributed by atoms with Crippen LogP contribution in [0.1, 0.15) is 51.8 Å². The van der Waals surface area contributed by atoms with Crippen LogP contribution in [0.3, 0.4) is 0 Å². The van der Waals surface area contributed by atoms with Crippen LogP contribution in [0.25, 0.3) is 0 Å². The van der Waals surface area contributed by atoms with E-state index in [1.165, 1.54) is 21.2 Å². The summed E-state index contributed by atoms with van der Waals surface area (Å²) in [6.07, 6.45) is 3.95. The van der Waals surface area contributed by atoms with Gasteiger partial charge in [-0.3, -0.25) is 4.79 Å². The summed E-state index contributed by atoms with van der Waals surface area (Å²) in [5, 5.41) is 0.990. The van der Waals surface area contributed by atoms with Gasteiger partial charge in [0, 0.05) is 32.6 Å². The molecule has 0 bridgehead atoms. The molecule has 162 valence electrons. The Balaban J connectivity index is 1.43. The average molecular weight is 448 g/mol. The molecule has 1 aromatic carbocycles. The van der Waals surface area contributed by atoms with Crippen molar-refractivity contribution >= 4 is 27.3 Å². The van der Waals surface area contributed by atoms with Gasteiger partial charge in [-0.2, -0.15) is 4.31 Å². The Labute approximate surface area is 183 Å². The molecule has 1 aliphatic carbocycles. The van der Waals surface area contributed by atoms with E-state index in [4.69, 9.17) is 0 Å². The summed E-state index contributed by atoms with van der Waals surface area (Å²) >= 11 is 1.47. The first kappa shape index (κ1) is 21.5. The lowest BCUT2D eigenvalue weighted by atomic mass is 10.1. The molecule has 4 rings (SSSR count). The molecule has 0 N–H and O–H groups in total. The summed E-state index contributed by atoms with van der Waals surface area (Å²) in [7, 11) is -3.53. The van der Waals surface area contributed by atoms with E-state index >= 15 is 0 Å². The number of amides is 1. The van der Waals surface area contributed by atoms with Gasteiger partial charge in [0.1, 0.15) is 4.88 Å². The zero-order valence-corrected chi connectivity index (χ0v) is 19.5. The Bertz CT molecular complexity index is 1050. The summed E-state index contributed by atoms with van der Waals surface area (Å²) in [5.41, 5.74) is 3.19. The fraction of sp³-hybridized carbons (Fsp3) is 0.545. The molecule has 2 aliphatic rings. The monoisotopic (exact) mass is 447 g/mol. The maximum absolute atomic E-state index is 13.1. The third-order valence-electron chi connectivity index (χ3n) is 5.85. The number of nitrogens with zero attached hydrogens (tertiary/aromatic N) is 3. The minimum absolute atomic E-state index is 0.0328. The van der Waals surface area contributed by atoms with Gasteiger partial charge in [-0.05, 0) is 55.4 Å². The van der Waals surface area contributed by atoms with Crippen LogP contribution in [0.15, 0.2) is 23.1 Å². The van der Waals surface area contributed by atoms with E-state index in [9.17, 15) is 13.2 Å². The van der Waals surface area contributed by atoms with E-state index in [0.29, 0.717) is 41.9 Å². The first-order chi connectivity index (χ1) is 14.3. The van der Waals surface area contributed by atoms with Crippen LogP contribution >= 0.6 is 11.3 Å². The van der Waals surface area contributed by atoms with Gasteiger partial charge < -0.3 is 4.90 Å². The van der Waals surface area contributed by atoms with Gasteiger partial charge in [0.2, 0.25) is 10.0 Å². The number of carbonyl (C=O) groups is 1. The summed E-state index contributed by atoms with van der Waals surface area (Å²) in [6, 6.07) is 5.52. The molecular formula is C22H29N3O3S2. The fourth-order valence-electron chi connectivity index (χ4n) is 4.22. The van der Waals surface area contributed by atoms with Crippen molar-refractivity contribution in [3.8, 4) is 0 Å². The molecule has 0 spiro atoms. The third kappa shape index (κ3) is 4.18. The maximum Gasteiger partial charge on any atom is 0.265 e. The van der Waals surface area contributed by atoms with Crippen molar-refractivity contribution in [1.29, 1.82) is 0 Å². The van der Waals surface area contributed by atoms with E-state index in [0.717, 1.165) is 41.9 Å². The van der Waals surface area contributed by atoms with Crippen LogP contribution in [0, 0.1) is 12.8 Å². The summed E-state index contributed by atoms with van der Waals surface area (Å²) in [5.74, 6) is 0.459. The molecule has 1 saturated heterocycles. The second-order valence-corrected chi connectivity index (χ2v) is 11.6. The molecule has 30 heavy (non-hydrogen) atoms. The highest BCUT2D eigenvalue weighted by Crippen LogP contribution is 2.27. The smallest absolute Gasteiger partial charge is 0.265 e. The highest BCUT2D eigenvalue weighted by Gasteiger charge is 2.32. The Morgan fingerprint density at radius 3 is 2.53 bits per heavy atom. The highest BCUT2D eigenvalue weighted by atomic mass is 32.2. The lowest BCUT2D eigenvalue weighted by molar-refractivity contribution is 0.0702. The second kappa shape index (κ2) is 8.40. The number of fused-ring (bicyclic) bond motifs is 1. The lowest BCUT2D eigenvalue weighted by Gasteiger charge is -2.34. The molecule has 1 fully saturated rings. The molecule has 2 heterocycles. The van der Waals surface area contributed by atoms with E-state index in [1.807, 2.05) is 19.1 Å². The number of benzene rings is 1. The van der Waals surface area contributed by atoms with Crippen molar-refractivity contribution in [1.82, 2.24) is 14.2 Å². The molecular weight excluding hydrogens is 418 g/mol. The van der Waals surface area contributed by atoms with Crippen molar-refractivity contribution in [2.24, 2.45) is 5.92 Å². The van der Waals surface area contributed by atoms with Crippen LogP contribution in [0.2, 0.25) is 0 Å². The zero-order chi connectivity index (χ0) is 21.5. The standard InChI is InChI=1S/C22H29N3O3S2/c1-15(2)13-20-23-16(3)21(29-20)22(26)24-9-11-25(12-10-24)30(27,28)19-8-7-17-5-4-6-18(17)14-19/h7-8,14-15H,4-6,9-13H2,1-3H3. The zero-order valence-electron chi connectivity index (χ0n) is 17.8. The number of rotatable bonds is 5. The number of hydrogen-bond donors (Lipinski definition) is 0. The van der Waals surface area contributed by atoms with Gasteiger partial charge in [-0.1, -0.05) is 19.9 Å². The number of piperazine rings is 1. The van der Waals surface area contributed by atoms with Crippen molar-refractivity contribution < 1.29 is 13.2 Å². The second-order valence-electron chi connectivity index (χ2n) is 8.60. The number of hydrogen-bond acceptors (Lipinski definition) is 5. The number of carbonyl (C=O) groups excluding carboxylic acids is 1. The predicted molar refractivity (Wildman–Crippen MR) is 119 cm³/mol. The first-order valence-electron chi connectivity index (χ1n) is 10.6. The normalized spacial score (nSPS) is 17.5. The number of aryl methyl sites for hydroxylation is 3. The summed E-state index contributed by atoms with van der Waals surface area (Å²) in [4.78, 5) is 20.4.